The second-order valence-electron chi connectivity index (χ2n) is 6.39. The van der Waals surface area contributed by atoms with Gasteiger partial charge in [-0.2, -0.15) is 10.1 Å². The molecule has 132 valence electrons. The van der Waals surface area contributed by atoms with Crippen LogP contribution in [0.5, 0.6) is 0 Å². The van der Waals surface area contributed by atoms with E-state index in [1.807, 2.05) is 55.5 Å². The van der Waals surface area contributed by atoms with Crippen LogP contribution in [0.2, 0.25) is 0 Å². The number of amides is 1. The number of nitrogens with zero attached hydrogens (tertiary/aromatic N) is 3. The van der Waals surface area contributed by atoms with Gasteiger partial charge < -0.3 is 9.64 Å². The number of rotatable bonds is 3. The van der Waals surface area contributed by atoms with Gasteiger partial charge >= 0.3 is 0 Å². The molecule has 4 rings (SSSR count). The van der Waals surface area contributed by atoms with E-state index in [0.29, 0.717) is 5.57 Å². The number of hydrogen-bond acceptors (Lipinski definition) is 4. The number of hydrazone groups is 1. The summed E-state index contributed by atoms with van der Waals surface area (Å²) in [6.07, 6.45) is 1.91. The molecule has 1 saturated heterocycles. The number of carbonyl (C=O) groups is 1. The molecule has 2 aliphatic heterocycles. The standard InChI is InChI=1S/C21H21N3O2/c1-16-20(21(25)24(22-16)19-5-3-2-4-6-19)15-17-7-9-18(10-8-17)23-11-13-26-14-12-23/h2-10,15H,11-14H2,1H3/b20-15+. The van der Waals surface area contributed by atoms with Crippen LogP contribution in [0.3, 0.4) is 0 Å². The van der Waals surface area contributed by atoms with Crippen molar-refractivity contribution in [1.82, 2.24) is 0 Å². The fourth-order valence-corrected chi connectivity index (χ4v) is 3.20. The quantitative estimate of drug-likeness (QED) is 0.800. The summed E-state index contributed by atoms with van der Waals surface area (Å²) in [5.74, 6) is -0.0917. The minimum Gasteiger partial charge on any atom is -0.378 e. The van der Waals surface area contributed by atoms with Gasteiger partial charge in [-0.1, -0.05) is 30.3 Å². The smallest absolute Gasteiger partial charge is 0.280 e. The largest absolute Gasteiger partial charge is 0.378 e. The van der Waals surface area contributed by atoms with Gasteiger partial charge in [0, 0.05) is 18.8 Å². The number of carbonyl (C=O) groups excluding carboxylic acids is 1. The zero-order chi connectivity index (χ0) is 17.9. The van der Waals surface area contributed by atoms with Gasteiger partial charge in [0.15, 0.2) is 0 Å². The molecule has 0 atom stereocenters. The average molecular weight is 347 g/mol. The molecule has 2 aromatic rings. The Morgan fingerprint density at radius 3 is 2.35 bits per heavy atom. The highest BCUT2D eigenvalue weighted by molar-refractivity contribution is 6.32. The Bertz CT molecular complexity index is 851. The van der Waals surface area contributed by atoms with E-state index in [1.165, 1.54) is 10.7 Å². The third kappa shape index (κ3) is 3.26. The van der Waals surface area contributed by atoms with E-state index in [4.69, 9.17) is 4.74 Å². The normalized spacial score (nSPS) is 19.2. The average Bonchev–Trinajstić information content (AvgIpc) is 2.98. The second-order valence-corrected chi connectivity index (χ2v) is 6.39. The second kappa shape index (κ2) is 7.14. The Hall–Kier alpha value is -2.92. The van der Waals surface area contributed by atoms with Crippen molar-refractivity contribution < 1.29 is 9.53 Å². The molecule has 5 heteroatoms. The van der Waals surface area contributed by atoms with Crippen LogP contribution in [0, 0.1) is 0 Å². The molecule has 2 aliphatic rings. The van der Waals surface area contributed by atoms with Crippen molar-refractivity contribution in [1.29, 1.82) is 0 Å². The summed E-state index contributed by atoms with van der Waals surface area (Å²) in [6, 6.07) is 17.8. The lowest BCUT2D eigenvalue weighted by molar-refractivity contribution is -0.114. The first-order valence-corrected chi connectivity index (χ1v) is 8.82. The van der Waals surface area contributed by atoms with E-state index >= 15 is 0 Å². The van der Waals surface area contributed by atoms with Crippen LogP contribution in [0.25, 0.3) is 6.08 Å². The van der Waals surface area contributed by atoms with E-state index in [0.717, 1.165) is 43.3 Å². The third-order valence-corrected chi connectivity index (χ3v) is 4.64. The van der Waals surface area contributed by atoms with Crippen LogP contribution in [0.4, 0.5) is 11.4 Å². The maximum atomic E-state index is 12.8. The van der Waals surface area contributed by atoms with Gasteiger partial charge in [-0.15, -0.1) is 0 Å². The molecule has 0 unspecified atom stereocenters. The molecule has 2 aromatic carbocycles. The van der Waals surface area contributed by atoms with Crippen molar-refractivity contribution in [2.24, 2.45) is 5.10 Å². The molecule has 0 saturated carbocycles. The summed E-state index contributed by atoms with van der Waals surface area (Å²) in [7, 11) is 0. The predicted octanol–water partition coefficient (Wildman–Crippen LogP) is 3.33. The van der Waals surface area contributed by atoms with Gasteiger partial charge in [-0.25, -0.2) is 0 Å². The molecule has 0 radical (unpaired) electrons. The Kier molecular flexibility index (Phi) is 4.54. The SMILES string of the molecule is CC1=NN(c2ccccc2)C(=O)/C1=C/c1ccc(N2CCOCC2)cc1. The van der Waals surface area contributed by atoms with E-state index in [9.17, 15) is 4.79 Å². The number of morpholine rings is 1. The Morgan fingerprint density at radius 1 is 0.962 bits per heavy atom. The van der Waals surface area contributed by atoms with Gasteiger partial charge in [0.1, 0.15) is 0 Å². The molecule has 0 aromatic heterocycles. The minimum atomic E-state index is -0.0917. The van der Waals surface area contributed by atoms with E-state index in [1.54, 1.807) is 0 Å². The molecule has 26 heavy (non-hydrogen) atoms. The number of hydrogen-bond donors (Lipinski definition) is 0. The van der Waals surface area contributed by atoms with Gasteiger partial charge in [-0.3, -0.25) is 4.79 Å². The van der Waals surface area contributed by atoms with Gasteiger partial charge in [0.2, 0.25) is 0 Å². The highest BCUT2D eigenvalue weighted by Crippen LogP contribution is 2.25. The Balaban J connectivity index is 1.54. The van der Waals surface area contributed by atoms with Crippen LogP contribution >= 0.6 is 0 Å². The number of benzene rings is 2. The molecule has 0 aliphatic carbocycles. The van der Waals surface area contributed by atoms with Crippen LogP contribution in [-0.2, 0) is 9.53 Å². The third-order valence-electron chi connectivity index (χ3n) is 4.64. The molecule has 0 N–H and O–H groups in total. The summed E-state index contributed by atoms with van der Waals surface area (Å²) in [5.41, 5.74) is 4.33. The van der Waals surface area contributed by atoms with Crippen molar-refractivity contribution in [2.75, 3.05) is 36.2 Å². The first-order chi connectivity index (χ1) is 12.7. The zero-order valence-electron chi connectivity index (χ0n) is 14.8. The lowest BCUT2D eigenvalue weighted by atomic mass is 10.1. The maximum Gasteiger partial charge on any atom is 0.280 e. The first kappa shape index (κ1) is 16.5. The van der Waals surface area contributed by atoms with Gasteiger partial charge in [-0.05, 0) is 42.8 Å². The monoisotopic (exact) mass is 347 g/mol. The predicted molar refractivity (Wildman–Crippen MR) is 104 cm³/mol. The van der Waals surface area contributed by atoms with E-state index in [2.05, 4.69) is 22.1 Å². The van der Waals surface area contributed by atoms with Crippen LogP contribution in [0.15, 0.2) is 65.3 Å². The number of para-hydroxylation sites is 1. The molecule has 5 nitrogen and oxygen atoms in total. The van der Waals surface area contributed by atoms with Crippen LogP contribution in [-0.4, -0.2) is 37.9 Å². The molecule has 0 spiro atoms. The fourth-order valence-electron chi connectivity index (χ4n) is 3.20. The molecular weight excluding hydrogens is 326 g/mol. The molecule has 1 fully saturated rings. The van der Waals surface area contributed by atoms with Crippen molar-refractivity contribution in [3.05, 3.63) is 65.7 Å². The van der Waals surface area contributed by atoms with Crippen molar-refractivity contribution >= 4 is 29.1 Å². The topological polar surface area (TPSA) is 45.1 Å². The van der Waals surface area contributed by atoms with Crippen LogP contribution in [0.1, 0.15) is 12.5 Å². The Morgan fingerprint density at radius 2 is 1.65 bits per heavy atom. The zero-order valence-corrected chi connectivity index (χ0v) is 14.8. The van der Waals surface area contributed by atoms with Crippen molar-refractivity contribution in [3.63, 3.8) is 0 Å². The maximum absolute atomic E-state index is 12.8. The fraction of sp³-hybridized carbons (Fsp3) is 0.238. The van der Waals surface area contributed by atoms with Crippen molar-refractivity contribution in [3.8, 4) is 0 Å². The van der Waals surface area contributed by atoms with E-state index in [-0.39, 0.29) is 5.91 Å². The Labute approximate surface area is 153 Å². The molecular formula is C21H21N3O2. The van der Waals surface area contributed by atoms with Crippen LogP contribution < -0.4 is 9.91 Å². The van der Waals surface area contributed by atoms with Gasteiger partial charge in [0.05, 0.1) is 30.2 Å². The first-order valence-electron chi connectivity index (χ1n) is 8.82. The van der Waals surface area contributed by atoms with E-state index < -0.39 is 0 Å². The molecule has 1 amide bonds. The lowest BCUT2D eigenvalue weighted by Crippen LogP contribution is -2.36. The highest BCUT2D eigenvalue weighted by atomic mass is 16.5. The highest BCUT2D eigenvalue weighted by Gasteiger charge is 2.28. The van der Waals surface area contributed by atoms with Crippen molar-refractivity contribution in [2.45, 2.75) is 6.92 Å². The number of ether oxygens (including phenoxy) is 1. The summed E-state index contributed by atoms with van der Waals surface area (Å²) >= 11 is 0. The summed E-state index contributed by atoms with van der Waals surface area (Å²) < 4.78 is 5.40. The molecule has 0 bridgehead atoms. The molecule has 2 heterocycles. The lowest BCUT2D eigenvalue weighted by Gasteiger charge is -2.28. The minimum absolute atomic E-state index is 0.0917. The summed E-state index contributed by atoms with van der Waals surface area (Å²) in [6.45, 7) is 5.23. The number of anilines is 2. The summed E-state index contributed by atoms with van der Waals surface area (Å²) in [4.78, 5) is 15.1. The van der Waals surface area contributed by atoms with Gasteiger partial charge in [0.25, 0.3) is 5.91 Å². The summed E-state index contributed by atoms with van der Waals surface area (Å²) in [5, 5.41) is 5.88.